The number of anilines is 1. The van der Waals surface area contributed by atoms with Crippen LogP contribution in [0.15, 0.2) is 24.3 Å². The Balaban J connectivity index is 1.84. The molecule has 116 valence electrons. The summed E-state index contributed by atoms with van der Waals surface area (Å²) in [6, 6.07) is 6.21. The second-order valence-electron chi connectivity index (χ2n) is 5.00. The van der Waals surface area contributed by atoms with Crippen LogP contribution in [0.5, 0.6) is 0 Å². The molecule has 7 heteroatoms. The molecule has 0 aromatic heterocycles. The Hall–Kier alpha value is -1.60. The number of benzene rings is 1. The number of carbonyl (C=O) groups is 1. The number of hydrogen-bond donors (Lipinski definition) is 2. The third-order valence-corrected chi connectivity index (χ3v) is 3.27. The molecule has 1 aromatic rings. The van der Waals surface area contributed by atoms with Crippen LogP contribution < -0.4 is 10.8 Å². The molecule has 0 radical (unpaired) electrons. The Morgan fingerprint density at radius 3 is 2.67 bits per heavy atom. The zero-order chi connectivity index (χ0) is 15.3. The molecule has 1 aliphatic rings. The highest BCUT2D eigenvalue weighted by atomic mass is 19.4. The van der Waals surface area contributed by atoms with Crippen molar-refractivity contribution >= 4 is 11.6 Å². The van der Waals surface area contributed by atoms with E-state index in [4.69, 9.17) is 4.84 Å². The Kier molecular flexibility index (Phi) is 5.19. The molecule has 0 aliphatic heterocycles. The summed E-state index contributed by atoms with van der Waals surface area (Å²) >= 11 is 0. The van der Waals surface area contributed by atoms with Gasteiger partial charge in [0.1, 0.15) is 0 Å². The molecule has 1 amide bonds. The monoisotopic (exact) mass is 302 g/mol. The van der Waals surface area contributed by atoms with Crippen LogP contribution in [0.4, 0.5) is 18.9 Å². The summed E-state index contributed by atoms with van der Waals surface area (Å²) in [5.41, 5.74) is 3.66. The fourth-order valence-electron chi connectivity index (χ4n) is 2.21. The first kappa shape index (κ1) is 15.8. The molecule has 0 heterocycles. The molecule has 0 spiro atoms. The van der Waals surface area contributed by atoms with Crippen molar-refractivity contribution in [2.75, 3.05) is 5.32 Å². The van der Waals surface area contributed by atoms with Crippen molar-refractivity contribution in [2.24, 2.45) is 0 Å². The van der Waals surface area contributed by atoms with Gasteiger partial charge in [-0.05, 0) is 30.5 Å². The van der Waals surface area contributed by atoms with Crippen LogP contribution in [0.25, 0.3) is 0 Å². The highest BCUT2D eigenvalue weighted by molar-refractivity contribution is 5.94. The lowest BCUT2D eigenvalue weighted by Gasteiger charge is -2.12. The first-order valence-corrected chi connectivity index (χ1v) is 6.81. The number of carbonyl (C=O) groups excluding carboxylic acids is 1. The SMILES string of the molecule is O=C(Nc1cccc(CNOC2CCCC2)c1)C(F)(F)F. The molecule has 2 rings (SSSR count). The first-order valence-electron chi connectivity index (χ1n) is 6.81. The molecule has 1 aromatic carbocycles. The van der Waals surface area contributed by atoms with E-state index in [-0.39, 0.29) is 11.8 Å². The summed E-state index contributed by atoms with van der Waals surface area (Å²) in [5.74, 6) is -1.98. The van der Waals surface area contributed by atoms with Crippen LogP contribution in [0.2, 0.25) is 0 Å². The van der Waals surface area contributed by atoms with Crippen molar-refractivity contribution < 1.29 is 22.8 Å². The Labute approximate surface area is 120 Å². The zero-order valence-corrected chi connectivity index (χ0v) is 11.4. The van der Waals surface area contributed by atoms with Gasteiger partial charge < -0.3 is 5.32 Å². The van der Waals surface area contributed by atoms with Gasteiger partial charge in [-0.1, -0.05) is 25.0 Å². The second-order valence-corrected chi connectivity index (χ2v) is 5.00. The zero-order valence-electron chi connectivity index (χ0n) is 11.4. The maximum atomic E-state index is 12.2. The number of amides is 1. The van der Waals surface area contributed by atoms with E-state index in [2.05, 4.69) is 5.48 Å². The lowest BCUT2D eigenvalue weighted by molar-refractivity contribution is -0.167. The van der Waals surface area contributed by atoms with Gasteiger partial charge >= 0.3 is 12.1 Å². The molecule has 1 aliphatic carbocycles. The molecule has 0 saturated heterocycles. The standard InChI is InChI=1S/C14H17F3N2O2/c15-14(16,17)13(20)19-11-5-3-4-10(8-11)9-18-21-12-6-1-2-7-12/h3-5,8,12,18H,1-2,6-7,9H2,(H,19,20). The van der Waals surface area contributed by atoms with E-state index in [0.29, 0.717) is 6.54 Å². The smallest absolute Gasteiger partial charge is 0.318 e. The number of halogens is 3. The highest BCUT2D eigenvalue weighted by Crippen LogP contribution is 2.21. The summed E-state index contributed by atoms with van der Waals surface area (Å²) in [7, 11) is 0. The third-order valence-electron chi connectivity index (χ3n) is 3.27. The van der Waals surface area contributed by atoms with Crippen molar-refractivity contribution in [3.05, 3.63) is 29.8 Å². The van der Waals surface area contributed by atoms with Crippen molar-refractivity contribution in [1.82, 2.24) is 5.48 Å². The van der Waals surface area contributed by atoms with Crippen molar-refractivity contribution in [3.63, 3.8) is 0 Å². The maximum Gasteiger partial charge on any atom is 0.471 e. The maximum absolute atomic E-state index is 12.2. The number of rotatable bonds is 5. The van der Waals surface area contributed by atoms with Gasteiger partial charge in [-0.2, -0.15) is 18.7 Å². The molecule has 0 atom stereocenters. The van der Waals surface area contributed by atoms with Gasteiger partial charge in [0, 0.05) is 12.2 Å². The summed E-state index contributed by atoms with van der Waals surface area (Å²) in [5, 5.41) is 1.82. The van der Waals surface area contributed by atoms with Crippen LogP contribution in [0.3, 0.4) is 0 Å². The predicted octanol–water partition coefficient (Wildman–Crippen LogP) is 3.15. The van der Waals surface area contributed by atoms with Crippen molar-refractivity contribution in [1.29, 1.82) is 0 Å². The first-order chi connectivity index (χ1) is 9.95. The van der Waals surface area contributed by atoms with Gasteiger partial charge in [-0.15, -0.1) is 0 Å². The lowest BCUT2D eigenvalue weighted by Crippen LogP contribution is -2.30. The predicted molar refractivity (Wildman–Crippen MR) is 71.3 cm³/mol. The van der Waals surface area contributed by atoms with E-state index in [9.17, 15) is 18.0 Å². The molecular weight excluding hydrogens is 285 g/mol. The van der Waals surface area contributed by atoms with E-state index in [1.807, 2.05) is 5.32 Å². The van der Waals surface area contributed by atoms with Gasteiger partial charge in [0.25, 0.3) is 0 Å². The lowest BCUT2D eigenvalue weighted by atomic mass is 10.2. The van der Waals surface area contributed by atoms with Crippen LogP contribution >= 0.6 is 0 Å². The Morgan fingerprint density at radius 2 is 2.00 bits per heavy atom. The molecule has 0 bridgehead atoms. The van der Waals surface area contributed by atoms with Crippen LogP contribution in [-0.2, 0) is 16.2 Å². The van der Waals surface area contributed by atoms with Crippen LogP contribution in [-0.4, -0.2) is 18.2 Å². The average Bonchev–Trinajstić information content (AvgIpc) is 2.91. The molecule has 4 nitrogen and oxygen atoms in total. The molecule has 2 N–H and O–H groups in total. The Morgan fingerprint density at radius 1 is 1.29 bits per heavy atom. The van der Waals surface area contributed by atoms with Gasteiger partial charge in [-0.25, -0.2) is 0 Å². The minimum Gasteiger partial charge on any atom is -0.318 e. The van der Waals surface area contributed by atoms with E-state index >= 15 is 0 Å². The number of nitrogens with one attached hydrogen (secondary N) is 2. The molecule has 21 heavy (non-hydrogen) atoms. The minimum atomic E-state index is -4.89. The molecule has 0 unspecified atom stereocenters. The van der Waals surface area contributed by atoms with Crippen molar-refractivity contribution in [3.8, 4) is 0 Å². The Bertz CT molecular complexity index is 485. The largest absolute Gasteiger partial charge is 0.471 e. The number of hydrogen-bond acceptors (Lipinski definition) is 3. The van der Waals surface area contributed by atoms with Gasteiger partial charge in [0.05, 0.1) is 6.10 Å². The van der Waals surface area contributed by atoms with E-state index in [1.54, 1.807) is 12.1 Å². The van der Waals surface area contributed by atoms with E-state index in [1.165, 1.54) is 12.1 Å². The molecule has 1 saturated carbocycles. The van der Waals surface area contributed by atoms with Gasteiger partial charge in [0.2, 0.25) is 0 Å². The average molecular weight is 302 g/mol. The summed E-state index contributed by atoms with van der Waals surface area (Å²) in [6.07, 6.45) is -0.321. The number of hydroxylamine groups is 1. The quantitative estimate of drug-likeness (QED) is 0.822. The van der Waals surface area contributed by atoms with Crippen LogP contribution in [0.1, 0.15) is 31.2 Å². The second kappa shape index (κ2) is 6.91. The summed E-state index contributed by atoms with van der Waals surface area (Å²) in [4.78, 5) is 16.3. The van der Waals surface area contributed by atoms with E-state index in [0.717, 1.165) is 31.2 Å². The van der Waals surface area contributed by atoms with Crippen LogP contribution in [0, 0.1) is 0 Å². The van der Waals surface area contributed by atoms with Gasteiger partial charge in [0.15, 0.2) is 0 Å². The van der Waals surface area contributed by atoms with Gasteiger partial charge in [-0.3, -0.25) is 9.63 Å². The summed E-state index contributed by atoms with van der Waals surface area (Å²) < 4.78 is 36.5. The minimum absolute atomic E-state index is 0.109. The highest BCUT2D eigenvalue weighted by Gasteiger charge is 2.38. The fraction of sp³-hybridized carbons (Fsp3) is 0.500. The fourth-order valence-corrected chi connectivity index (χ4v) is 2.21. The topological polar surface area (TPSA) is 50.4 Å². The normalized spacial score (nSPS) is 16.1. The summed E-state index contributed by atoms with van der Waals surface area (Å²) in [6.45, 7) is 0.367. The van der Waals surface area contributed by atoms with E-state index < -0.39 is 12.1 Å². The third kappa shape index (κ3) is 5.02. The number of alkyl halides is 3. The molecule has 1 fully saturated rings. The van der Waals surface area contributed by atoms with Crippen molar-refractivity contribution in [2.45, 2.75) is 44.5 Å². The molecular formula is C14H17F3N2O2.